The second-order valence-corrected chi connectivity index (χ2v) is 20.3. The molecule has 0 radical (unpaired) electrons. The van der Waals surface area contributed by atoms with Gasteiger partial charge in [0.1, 0.15) is 11.5 Å². The summed E-state index contributed by atoms with van der Waals surface area (Å²) in [5, 5.41) is 2.06. The van der Waals surface area contributed by atoms with E-state index in [9.17, 15) is 0 Å². The molecule has 0 saturated heterocycles. The number of fused-ring (bicyclic) bond motifs is 1. The average Bonchev–Trinajstić information content (AvgIpc) is 3.27. The first-order valence-electron chi connectivity index (χ1n) is 17.1. The van der Waals surface area contributed by atoms with E-state index in [-0.39, 0.29) is 21.7 Å². The molecule has 264 valence electrons. The Balaban J connectivity index is 2.30. The summed E-state index contributed by atoms with van der Waals surface area (Å²) in [6, 6.07) is 12.2. The molecule has 0 aromatic heterocycles. The third kappa shape index (κ3) is 6.97. The van der Waals surface area contributed by atoms with Gasteiger partial charge in [-0.3, -0.25) is 0 Å². The first-order chi connectivity index (χ1) is 21.8. The van der Waals surface area contributed by atoms with Crippen molar-refractivity contribution in [3.63, 3.8) is 0 Å². The second kappa shape index (κ2) is 12.3. The zero-order chi connectivity index (χ0) is 36.4. The summed E-state index contributed by atoms with van der Waals surface area (Å²) in [5.74, 6) is 2.31. The van der Waals surface area contributed by atoms with Gasteiger partial charge in [0.25, 0.3) is 0 Å². The molecule has 0 atom stereocenters. The molecule has 3 aromatic carbocycles. The predicted octanol–water partition coefficient (Wildman–Crippen LogP) is 9.44. The lowest BCUT2D eigenvalue weighted by Crippen LogP contribution is -2.31. The van der Waals surface area contributed by atoms with Crippen molar-refractivity contribution >= 4 is 23.1 Å². The lowest BCUT2D eigenvalue weighted by Gasteiger charge is -2.34. The standard InChI is InChI=1S/C41H59O6P/c1-18-45-32-23-27(24-33-36(32)47-41(14,15)46-33)48(42,25-19-28(37(2,3)4)34(43-16)29(20-25)38(5,6)7)26-21-30(39(8,9)10)35(44-17)31(22-26)40(11,12)13/h19-24H,18H2,1-17H3. The van der Waals surface area contributed by atoms with Crippen LogP contribution in [-0.4, -0.2) is 26.6 Å². The fraction of sp³-hybridized carbons (Fsp3) is 0.561. The summed E-state index contributed by atoms with van der Waals surface area (Å²) in [5.41, 5.74) is 2.81. The smallest absolute Gasteiger partial charge is 0.246 e. The van der Waals surface area contributed by atoms with Crippen molar-refractivity contribution in [1.82, 2.24) is 0 Å². The fourth-order valence-electron chi connectivity index (χ4n) is 6.42. The monoisotopic (exact) mass is 678 g/mol. The molecule has 0 bridgehead atoms. The molecule has 0 aliphatic carbocycles. The van der Waals surface area contributed by atoms with E-state index >= 15 is 4.57 Å². The van der Waals surface area contributed by atoms with Gasteiger partial charge in [0, 0.05) is 52.0 Å². The van der Waals surface area contributed by atoms with Crippen LogP contribution < -0.4 is 39.6 Å². The van der Waals surface area contributed by atoms with Crippen LogP contribution in [0, 0.1) is 0 Å². The summed E-state index contributed by atoms with van der Waals surface area (Å²) in [4.78, 5) is 0. The molecular formula is C41H59O6P. The molecule has 0 saturated carbocycles. The fourth-order valence-corrected chi connectivity index (χ4v) is 9.16. The summed E-state index contributed by atoms with van der Waals surface area (Å²) in [6.45, 7) is 32.1. The number of rotatable bonds is 7. The minimum Gasteiger partial charge on any atom is -0.496 e. The molecule has 0 fully saturated rings. The third-order valence-corrected chi connectivity index (χ3v) is 11.8. The highest BCUT2D eigenvalue weighted by atomic mass is 31.2. The van der Waals surface area contributed by atoms with E-state index in [1.54, 1.807) is 14.2 Å². The van der Waals surface area contributed by atoms with E-state index in [0.717, 1.165) is 44.4 Å². The van der Waals surface area contributed by atoms with Crippen molar-refractivity contribution in [3.05, 3.63) is 58.7 Å². The van der Waals surface area contributed by atoms with Gasteiger partial charge < -0.3 is 28.2 Å². The number of hydrogen-bond donors (Lipinski definition) is 0. The van der Waals surface area contributed by atoms with Crippen molar-refractivity contribution in [2.45, 2.75) is 131 Å². The highest BCUT2D eigenvalue weighted by Crippen LogP contribution is 2.54. The van der Waals surface area contributed by atoms with Crippen molar-refractivity contribution in [3.8, 4) is 28.7 Å². The summed E-state index contributed by atoms with van der Waals surface area (Å²) in [7, 11) is -0.226. The molecule has 4 rings (SSSR count). The molecule has 1 aliphatic heterocycles. The van der Waals surface area contributed by atoms with Crippen LogP contribution in [0.3, 0.4) is 0 Å². The first-order valence-corrected chi connectivity index (χ1v) is 18.8. The molecule has 3 aromatic rings. The van der Waals surface area contributed by atoms with Gasteiger partial charge in [-0.05, 0) is 65.0 Å². The van der Waals surface area contributed by atoms with Crippen molar-refractivity contribution in [2.75, 3.05) is 20.8 Å². The largest absolute Gasteiger partial charge is 0.496 e. The highest BCUT2D eigenvalue weighted by Gasteiger charge is 2.42. The Bertz CT molecular complexity index is 1580. The number of hydrogen-bond acceptors (Lipinski definition) is 6. The minimum atomic E-state index is -3.67. The second-order valence-electron chi connectivity index (χ2n) is 17.6. The minimum absolute atomic E-state index is 0.297. The summed E-state index contributed by atoms with van der Waals surface area (Å²) < 4.78 is 47.8. The molecule has 0 unspecified atom stereocenters. The Labute approximate surface area is 290 Å². The van der Waals surface area contributed by atoms with Gasteiger partial charge in [0.2, 0.25) is 11.5 Å². The Hall–Kier alpha value is -3.11. The Morgan fingerprint density at radius 2 is 0.958 bits per heavy atom. The SMILES string of the molecule is CCOc1cc(P(=O)(c2cc(C(C)(C)C)c(OC)c(C(C)(C)C)c2)c2cc(C(C)(C)C)c(OC)c(C(C)(C)C)c2)cc2c1OC(C)(C)O2. The first kappa shape index (κ1) is 37.7. The highest BCUT2D eigenvalue weighted by molar-refractivity contribution is 7.85. The maximum Gasteiger partial charge on any atom is 0.246 e. The lowest BCUT2D eigenvalue weighted by molar-refractivity contribution is -0.0440. The molecule has 0 N–H and O–H groups in total. The van der Waals surface area contributed by atoms with Crippen LogP contribution in [0.5, 0.6) is 28.7 Å². The Kier molecular flexibility index (Phi) is 9.69. The van der Waals surface area contributed by atoms with Crippen LogP contribution in [0.2, 0.25) is 0 Å². The van der Waals surface area contributed by atoms with Gasteiger partial charge in [0.15, 0.2) is 18.6 Å². The predicted molar refractivity (Wildman–Crippen MR) is 200 cm³/mol. The number of methoxy groups -OCH3 is 2. The van der Waals surface area contributed by atoms with Crippen LogP contribution in [0.4, 0.5) is 0 Å². The van der Waals surface area contributed by atoms with E-state index in [0.29, 0.717) is 29.2 Å². The number of ether oxygens (including phenoxy) is 5. The molecule has 0 amide bonds. The van der Waals surface area contributed by atoms with Gasteiger partial charge >= 0.3 is 0 Å². The molecule has 0 spiro atoms. The Morgan fingerprint density at radius 1 is 0.604 bits per heavy atom. The lowest BCUT2D eigenvalue weighted by atomic mass is 9.79. The Morgan fingerprint density at radius 3 is 1.27 bits per heavy atom. The van der Waals surface area contributed by atoms with Gasteiger partial charge in [-0.15, -0.1) is 0 Å². The molecule has 7 heteroatoms. The molecule has 48 heavy (non-hydrogen) atoms. The van der Waals surface area contributed by atoms with Gasteiger partial charge in [-0.2, -0.15) is 0 Å². The van der Waals surface area contributed by atoms with E-state index in [2.05, 4.69) is 107 Å². The van der Waals surface area contributed by atoms with Crippen molar-refractivity contribution in [1.29, 1.82) is 0 Å². The maximum absolute atomic E-state index is 16.8. The van der Waals surface area contributed by atoms with Crippen LogP contribution in [0.25, 0.3) is 0 Å². The van der Waals surface area contributed by atoms with Gasteiger partial charge in [-0.25, -0.2) is 0 Å². The zero-order valence-corrected chi connectivity index (χ0v) is 33.5. The third-order valence-electron chi connectivity index (χ3n) is 8.89. The van der Waals surface area contributed by atoms with E-state index in [4.69, 9.17) is 23.7 Å². The topological polar surface area (TPSA) is 63.2 Å². The van der Waals surface area contributed by atoms with Crippen LogP contribution in [-0.2, 0) is 26.2 Å². The van der Waals surface area contributed by atoms with E-state index in [1.165, 1.54) is 0 Å². The molecule has 6 nitrogen and oxygen atoms in total. The van der Waals surface area contributed by atoms with E-state index in [1.807, 2.05) is 32.9 Å². The van der Waals surface area contributed by atoms with Gasteiger partial charge in [0.05, 0.1) is 20.8 Å². The summed E-state index contributed by atoms with van der Waals surface area (Å²) >= 11 is 0. The van der Waals surface area contributed by atoms with Crippen LogP contribution in [0.15, 0.2) is 36.4 Å². The van der Waals surface area contributed by atoms with Crippen molar-refractivity contribution in [2.24, 2.45) is 0 Å². The zero-order valence-electron chi connectivity index (χ0n) is 32.6. The summed E-state index contributed by atoms with van der Waals surface area (Å²) in [6.07, 6.45) is 0. The van der Waals surface area contributed by atoms with Crippen LogP contribution in [0.1, 0.15) is 126 Å². The molecule has 1 aliphatic rings. The van der Waals surface area contributed by atoms with Crippen molar-refractivity contribution < 1.29 is 28.2 Å². The van der Waals surface area contributed by atoms with E-state index < -0.39 is 12.9 Å². The average molecular weight is 679 g/mol. The van der Waals surface area contributed by atoms with Crippen LogP contribution >= 0.6 is 7.14 Å². The van der Waals surface area contributed by atoms with Gasteiger partial charge in [-0.1, -0.05) is 83.1 Å². The maximum atomic E-state index is 16.8. The quantitative estimate of drug-likeness (QED) is 0.232. The molecule has 1 heterocycles. The normalized spacial score (nSPS) is 15.0. The number of benzene rings is 3. The molecular weight excluding hydrogens is 619 g/mol.